The first kappa shape index (κ1) is 35.5. The van der Waals surface area contributed by atoms with Gasteiger partial charge in [-0.05, 0) is 82.4 Å². The number of hydrogen-bond donors (Lipinski definition) is 0. The number of furan rings is 1. The molecule has 3 heterocycles. The summed E-state index contributed by atoms with van der Waals surface area (Å²) in [6, 6.07) is 76.3. The van der Waals surface area contributed by atoms with Crippen molar-refractivity contribution in [3.05, 3.63) is 218 Å². The second kappa shape index (κ2) is 14.7. The summed E-state index contributed by atoms with van der Waals surface area (Å²) in [6.45, 7) is 0. The summed E-state index contributed by atoms with van der Waals surface area (Å²) in [7, 11) is 0. The van der Waals surface area contributed by atoms with Crippen LogP contribution in [0.2, 0.25) is 0 Å². The van der Waals surface area contributed by atoms with E-state index in [1.54, 1.807) is 0 Å². The Morgan fingerprint density at radius 1 is 0.306 bits per heavy atom. The molecule has 0 atom stereocenters. The van der Waals surface area contributed by atoms with Crippen molar-refractivity contribution in [2.75, 3.05) is 0 Å². The number of fused-ring (bicyclic) bond motifs is 6. The summed E-state index contributed by atoms with van der Waals surface area (Å²) in [6.07, 6.45) is 0. The van der Waals surface area contributed by atoms with Crippen LogP contribution in [0.4, 0.5) is 0 Å². The number of nitrogens with zero attached hydrogens (tertiary/aromatic N) is 4. The largest absolute Gasteiger partial charge is 0.456 e. The van der Waals surface area contributed by atoms with Crippen LogP contribution in [0.25, 0.3) is 117 Å². The summed E-state index contributed by atoms with van der Waals surface area (Å²) in [5.41, 5.74) is 14.5. The Balaban J connectivity index is 1.01. The Bertz CT molecular complexity index is 3590. The van der Waals surface area contributed by atoms with Gasteiger partial charge in [0.25, 0.3) is 0 Å². The highest BCUT2D eigenvalue weighted by atomic mass is 16.3. The fraction of sp³-hybridized carbons (Fsp3) is 0. The maximum absolute atomic E-state index is 6.59. The van der Waals surface area contributed by atoms with Crippen LogP contribution in [-0.2, 0) is 0 Å². The molecule has 0 aliphatic heterocycles. The van der Waals surface area contributed by atoms with Crippen molar-refractivity contribution in [3.63, 3.8) is 0 Å². The van der Waals surface area contributed by atoms with E-state index in [2.05, 4.69) is 180 Å². The molecule has 0 N–H and O–H groups in total. The second-order valence-electron chi connectivity index (χ2n) is 15.6. The lowest BCUT2D eigenvalue weighted by molar-refractivity contribution is 0.669. The molecule has 0 aliphatic carbocycles. The van der Waals surface area contributed by atoms with Crippen LogP contribution in [0.15, 0.2) is 223 Å². The van der Waals surface area contributed by atoms with Gasteiger partial charge in [-0.25, -0.2) is 15.0 Å². The highest BCUT2D eigenvalue weighted by Gasteiger charge is 2.20. The lowest BCUT2D eigenvalue weighted by atomic mass is 9.97. The molecule has 0 bridgehead atoms. The molecule has 0 aliphatic rings. The molecule has 0 spiro atoms. The summed E-state index contributed by atoms with van der Waals surface area (Å²) in [5, 5.41) is 4.49. The number of benzene rings is 9. The van der Waals surface area contributed by atoms with Crippen LogP contribution in [0.3, 0.4) is 0 Å². The van der Waals surface area contributed by atoms with Gasteiger partial charge in [0.15, 0.2) is 17.5 Å². The fourth-order valence-electron chi connectivity index (χ4n) is 8.97. The van der Waals surface area contributed by atoms with Gasteiger partial charge in [0.05, 0.1) is 16.7 Å². The normalized spacial score (nSPS) is 11.5. The Labute approximate surface area is 357 Å². The molecule has 0 amide bonds. The lowest BCUT2D eigenvalue weighted by Gasteiger charge is -2.15. The molecule has 5 heteroatoms. The predicted octanol–water partition coefficient (Wildman–Crippen LogP) is 14.9. The average molecular weight is 793 g/mol. The summed E-state index contributed by atoms with van der Waals surface area (Å²) < 4.78 is 8.98. The van der Waals surface area contributed by atoms with Crippen LogP contribution in [0.5, 0.6) is 0 Å². The smallest absolute Gasteiger partial charge is 0.164 e. The number of aromatic nitrogens is 4. The minimum absolute atomic E-state index is 0.588. The molecule has 5 nitrogen and oxygen atoms in total. The first-order valence-corrected chi connectivity index (χ1v) is 20.8. The molecule has 0 saturated heterocycles. The third kappa shape index (κ3) is 6.06. The molecule has 12 rings (SSSR count). The molecule has 290 valence electrons. The van der Waals surface area contributed by atoms with E-state index in [0.717, 1.165) is 66.6 Å². The van der Waals surface area contributed by atoms with Gasteiger partial charge in [0, 0.05) is 43.8 Å². The lowest BCUT2D eigenvalue weighted by Crippen LogP contribution is -2.00. The van der Waals surface area contributed by atoms with Crippen LogP contribution in [0, 0.1) is 0 Å². The zero-order valence-corrected chi connectivity index (χ0v) is 33.5. The van der Waals surface area contributed by atoms with Crippen molar-refractivity contribution in [2.24, 2.45) is 0 Å². The standard InChI is InChI=1S/C57H36N4O/c1-3-16-37(17-4-1)39-20-13-21-40(34-39)41-22-14-23-42(35-41)56-58-55(38-18-5-2-6-19-38)59-57(60-56)43-32-33-52-48(36-43)54-47(27-15-31-53(54)62-52)46-26-9-12-30-51(46)61-49-28-10-7-24-44(49)45-25-8-11-29-50(45)61/h1-36H. The van der Waals surface area contributed by atoms with E-state index in [0.29, 0.717) is 17.5 Å². The van der Waals surface area contributed by atoms with Crippen LogP contribution >= 0.6 is 0 Å². The molecule has 0 fully saturated rings. The highest BCUT2D eigenvalue weighted by molar-refractivity contribution is 6.15. The Morgan fingerprint density at radius 2 is 0.790 bits per heavy atom. The van der Waals surface area contributed by atoms with Crippen LogP contribution in [0.1, 0.15) is 0 Å². The molecular formula is C57H36N4O. The van der Waals surface area contributed by atoms with E-state index in [1.807, 2.05) is 42.5 Å². The molecule has 0 unspecified atom stereocenters. The minimum Gasteiger partial charge on any atom is -0.456 e. The first-order chi connectivity index (χ1) is 30.7. The summed E-state index contributed by atoms with van der Waals surface area (Å²) >= 11 is 0. The average Bonchev–Trinajstić information content (AvgIpc) is 3.90. The van der Waals surface area contributed by atoms with Gasteiger partial charge < -0.3 is 8.98 Å². The molecule has 12 aromatic rings. The van der Waals surface area contributed by atoms with Crippen LogP contribution in [-0.4, -0.2) is 19.5 Å². The SMILES string of the molecule is c1ccc(-c2cccc(-c3cccc(-c4nc(-c5ccccc5)nc(-c5ccc6oc7cccc(-c8ccccc8-n8c9ccccc9c9ccccc98)c7c6c5)n4)c3)c2)cc1. The first-order valence-electron chi connectivity index (χ1n) is 20.8. The summed E-state index contributed by atoms with van der Waals surface area (Å²) in [4.78, 5) is 15.4. The van der Waals surface area contributed by atoms with Gasteiger partial charge in [-0.3, -0.25) is 0 Å². The zero-order valence-electron chi connectivity index (χ0n) is 33.5. The van der Waals surface area contributed by atoms with Crippen molar-refractivity contribution >= 4 is 43.7 Å². The minimum atomic E-state index is 0.588. The third-order valence-electron chi connectivity index (χ3n) is 11.9. The maximum atomic E-state index is 6.59. The van der Waals surface area contributed by atoms with E-state index < -0.39 is 0 Å². The molecule has 0 radical (unpaired) electrons. The monoisotopic (exact) mass is 792 g/mol. The predicted molar refractivity (Wildman–Crippen MR) is 254 cm³/mol. The van der Waals surface area contributed by atoms with Gasteiger partial charge in [-0.2, -0.15) is 0 Å². The van der Waals surface area contributed by atoms with E-state index in [-0.39, 0.29) is 0 Å². The van der Waals surface area contributed by atoms with Crippen molar-refractivity contribution in [3.8, 4) is 73.2 Å². The highest BCUT2D eigenvalue weighted by Crippen LogP contribution is 2.42. The van der Waals surface area contributed by atoms with Gasteiger partial charge in [0.2, 0.25) is 0 Å². The van der Waals surface area contributed by atoms with Gasteiger partial charge in [-0.15, -0.1) is 0 Å². The molecule has 9 aromatic carbocycles. The van der Waals surface area contributed by atoms with Crippen molar-refractivity contribution < 1.29 is 4.42 Å². The molecule has 62 heavy (non-hydrogen) atoms. The molecule has 3 aromatic heterocycles. The van der Waals surface area contributed by atoms with E-state index >= 15 is 0 Å². The van der Waals surface area contributed by atoms with Crippen LogP contribution < -0.4 is 0 Å². The van der Waals surface area contributed by atoms with Crippen molar-refractivity contribution in [2.45, 2.75) is 0 Å². The topological polar surface area (TPSA) is 56.7 Å². The van der Waals surface area contributed by atoms with Gasteiger partial charge in [0.1, 0.15) is 11.2 Å². The Hall–Kier alpha value is -8.41. The Kier molecular flexibility index (Phi) is 8.42. The van der Waals surface area contributed by atoms with E-state index in [1.165, 1.54) is 32.9 Å². The van der Waals surface area contributed by atoms with Crippen molar-refractivity contribution in [1.29, 1.82) is 0 Å². The maximum Gasteiger partial charge on any atom is 0.164 e. The fourth-order valence-corrected chi connectivity index (χ4v) is 8.97. The van der Waals surface area contributed by atoms with Gasteiger partial charge >= 0.3 is 0 Å². The van der Waals surface area contributed by atoms with Gasteiger partial charge in [-0.1, -0.05) is 164 Å². The van der Waals surface area contributed by atoms with E-state index in [9.17, 15) is 0 Å². The third-order valence-corrected chi connectivity index (χ3v) is 11.9. The number of hydrogen-bond acceptors (Lipinski definition) is 4. The molecule has 0 saturated carbocycles. The van der Waals surface area contributed by atoms with Crippen molar-refractivity contribution in [1.82, 2.24) is 19.5 Å². The second-order valence-corrected chi connectivity index (χ2v) is 15.6. The molecular weight excluding hydrogens is 757 g/mol. The number of para-hydroxylation sites is 3. The quantitative estimate of drug-likeness (QED) is 0.161. The summed E-state index contributed by atoms with van der Waals surface area (Å²) in [5.74, 6) is 1.80. The van der Waals surface area contributed by atoms with E-state index in [4.69, 9.17) is 19.4 Å². The number of rotatable bonds is 7. The zero-order chi connectivity index (χ0) is 41.0. The Morgan fingerprint density at radius 3 is 1.48 bits per heavy atom.